The lowest BCUT2D eigenvalue weighted by Gasteiger charge is -2.22. The molecule has 2 aliphatic rings. The number of hydrogen-bond donors (Lipinski definition) is 1. The Kier molecular flexibility index (Phi) is 10.8. The summed E-state index contributed by atoms with van der Waals surface area (Å²) in [7, 11) is 1.00. The van der Waals surface area contributed by atoms with Crippen LogP contribution in [0, 0.1) is 18.8 Å². The van der Waals surface area contributed by atoms with Crippen molar-refractivity contribution in [3.63, 3.8) is 0 Å². The van der Waals surface area contributed by atoms with Gasteiger partial charge >= 0.3 is 0 Å². The Morgan fingerprint density at radius 1 is 1.00 bits per heavy atom. The number of aryl methyl sites for hydroxylation is 1. The van der Waals surface area contributed by atoms with Crippen LogP contribution >= 0.6 is 0 Å². The number of fused-ring (bicyclic) bond motifs is 3. The number of benzene rings is 1. The lowest BCUT2D eigenvalue weighted by Crippen LogP contribution is -2.18. The molecule has 23 heavy (non-hydrogen) atoms. The minimum atomic E-state index is 0.313. The molecule has 2 heteroatoms. The summed E-state index contributed by atoms with van der Waals surface area (Å²) in [5, 5.41) is 7.00. The maximum absolute atomic E-state index is 12.2. The fourth-order valence-corrected chi connectivity index (χ4v) is 3.90. The van der Waals surface area contributed by atoms with Crippen molar-refractivity contribution >= 4 is 5.78 Å². The minimum Gasteiger partial charge on any atom is -0.400 e. The molecule has 3 rings (SSSR count). The molecule has 1 aromatic carbocycles. The number of Topliss-reactive ketones (excluding diaryl/α,β-unsaturated/α-hetero) is 1. The molecule has 1 N–H and O–H groups in total. The highest BCUT2D eigenvalue weighted by atomic mass is 16.2. The molecule has 0 spiro atoms. The highest BCUT2D eigenvalue weighted by Crippen LogP contribution is 2.48. The second-order valence-electron chi connectivity index (χ2n) is 5.80. The third kappa shape index (κ3) is 4.91. The SMILES string of the molecule is CC.CC.CO.Cc1cccc2c1CCC(=O)C1CCC(C)C21. The van der Waals surface area contributed by atoms with Crippen molar-refractivity contribution in [1.82, 2.24) is 0 Å². The lowest BCUT2D eigenvalue weighted by atomic mass is 9.81. The molecule has 2 aliphatic carbocycles. The van der Waals surface area contributed by atoms with Crippen molar-refractivity contribution in [2.45, 2.75) is 73.1 Å². The van der Waals surface area contributed by atoms with Crippen LogP contribution in [-0.2, 0) is 11.2 Å². The third-order valence-electron chi connectivity index (χ3n) is 4.82. The van der Waals surface area contributed by atoms with Crippen LogP contribution < -0.4 is 0 Å². The molecule has 0 amide bonds. The Hall–Kier alpha value is -1.15. The van der Waals surface area contributed by atoms with Gasteiger partial charge in [-0.3, -0.25) is 4.79 Å². The number of rotatable bonds is 0. The second kappa shape index (κ2) is 11.4. The molecule has 0 aromatic heterocycles. The first-order valence-corrected chi connectivity index (χ1v) is 9.24. The number of carbonyl (C=O) groups is 1. The van der Waals surface area contributed by atoms with Crippen LogP contribution in [0.3, 0.4) is 0 Å². The van der Waals surface area contributed by atoms with E-state index < -0.39 is 0 Å². The molecular formula is C21H36O2. The Morgan fingerprint density at radius 2 is 1.61 bits per heavy atom. The van der Waals surface area contributed by atoms with Crippen molar-refractivity contribution in [2.24, 2.45) is 11.8 Å². The van der Waals surface area contributed by atoms with Crippen LogP contribution in [0.5, 0.6) is 0 Å². The largest absolute Gasteiger partial charge is 0.400 e. The molecule has 0 saturated heterocycles. The predicted molar refractivity (Wildman–Crippen MR) is 100.0 cm³/mol. The Balaban J connectivity index is 0.000000728. The fourth-order valence-electron chi connectivity index (χ4n) is 3.90. The van der Waals surface area contributed by atoms with E-state index in [1.165, 1.54) is 23.1 Å². The van der Waals surface area contributed by atoms with Crippen molar-refractivity contribution in [2.75, 3.05) is 7.11 Å². The minimum absolute atomic E-state index is 0.313. The molecule has 0 radical (unpaired) electrons. The number of carbonyl (C=O) groups excluding carboxylic acids is 1. The molecule has 2 nitrogen and oxygen atoms in total. The van der Waals surface area contributed by atoms with E-state index in [9.17, 15) is 4.79 Å². The van der Waals surface area contributed by atoms with Crippen molar-refractivity contribution in [3.8, 4) is 0 Å². The van der Waals surface area contributed by atoms with Gasteiger partial charge in [-0.15, -0.1) is 0 Å². The zero-order valence-corrected chi connectivity index (χ0v) is 16.1. The highest BCUT2D eigenvalue weighted by Gasteiger charge is 2.41. The topological polar surface area (TPSA) is 37.3 Å². The van der Waals surface area contributed by atoms with Gasteiger partial charge in [0.25, 0.3) is 0 Å². The molecule has 0 heterocycles. The van der Waals surface area contributed by atoms with Gasteiger partial charge in [0, 0.05) is 19.4 Å². The van der Waals surface area contributed by atoms with E-state index in [-0.39, 0.29) is 0 Å². The van der Waals surface area contributed by atoms with Crippen molar-refractivity contribution in [1.29, 1.82) is 0 Å². The van der Waals surface area contributed by atoms with Gasteiger partial charge in [-0.2, -0.15) is 0 Å². The summed E-state index contributed by atoms with van der Waals surface area (Å²) >= 11 is 0. The summed E-state index contributed by atoms with van der Waals surface area (Å²) in [6, 6.07) is 6.61. The molecule has 3 atom stereocenters. The Bertz CT molecular complexity index is 465. The summed E-state index contributed by atoms with van der Waals surface area (Å²) < 4.78 is 0. The van der Waals surface area contributed by atoms with Gasteiger partial charge in [-0.1, -0.05) is 52.8 Å². The maximum atomic E-state index is 12.2. The van der Waals surface area contributed by atoms with E-state index in [1.54, 1.807) is 0 Å². The van der Waals surface area contributed by atoms with Crippen LogP contribution in [0.25, 0.3) is 0 Å². The van der Waals surface area contributed by atoms with Crippen LogP contribution in [-0.4, -0.2) is 18.0 Å². The van der Waals surface area contributed by atoms with Gasteiger partial charge in [-0.05, 0) is 54.7 Å². The monoisotopic (exact) mass is 320 g/mol. The molecule has 0 bridgehead atoms. The summed E-state index contributed by atoms with van der Waals surface area (Å²) in [6.45, 7) is 12.5. The van der Waals surface area contributed by atoms with E-state index in [0.717, 1.165) is 26.4 Å². The van der Waals surface area contributed by atoms with E-state index in [1.807, 2.05) is 27.7 Å². The van der Waals surface area contributed by atoms with Gasteiger partial charge in [0.15, 0.2) is 0 Å². The molecule has 1 saturated carbocycles. The number of hydrogen-bond acceptors (Lipinski definition) is 2. The number of aliphatic hydroxyl groups is 1. The summed E-state index contributed by atoms with van der Waals surface area (Å²) in [5.74, 6) is 1.99. The van der Waals surface area contributed by atoms with Crippen LogP contribution in [0.2, 0.25) is 0 Å². The highest BCUT2D eigenvalue weighted by molar-refractivity contribution is 5.83. The zero-order chi connectivity index (χ0) is 18.0. The van der Waals surface area contributed by atoms with Crippen LogP contribution in [0.15, 0.2) is 18.2 Å². The standard InChI is InChI=1S/C16H20O.2C2H6.CH4O/c1-10-4-3-5-13-12(10)8-9-15(17)14-7-6-11(2)16(13)14;3*1-2/h3-5,11,14,16H,6-9H2,1-2H3;2*1-2H3;2H,1H3. The third-order valence-corrected chi connectivity index (χ3v) is 4.82. The number of aliphatic hydroxyl groups excluding tert-OH is 1. The van der Waals surface area contributed by atoms with Gasteiger partial charge in [-0.25, -0.2) is 0 Å². The van der Waals surface area contributed by atoms with E-state index in [4.69, 9.17) is 5.11 Å². The normalized spacial score (nSPS) is 24.3. The average molecular weight is 321 g/mol. The van der Waals surface area contributed by atoms with Crippen molar-refractivity contribution in [3.05, 3.63) is 34.9 Å². The molecule has 3 unspecified atom stereocenters. The smallest absolute Gasteiger partial charge is 0.136 e. The van der Waals surface area contributed by atoms with E-state index in [2.05, 4.69) is 32.0 Å². The van der Waals surface area contributed by atoms with Gasteiger partial charge < -0.3 is 5.11 Å². The number of ketones is 1. The van der Waals surface area contributed by atoms with Crippen molar-refractivity contribution < 1.29 is 9.90 Å². The maximum Gasteiger partial charge on any atom is 0.136 e. The van der Waals surface area contributed by atoms with Crippen LogP contribution in [0.1, 0.15) is 76.5 Å². The molecule has 0 aliphatic heterocycles. The molecule has 1 aromatic rings. The van der Waals surface area contributed by atoms with Gasteiger partial charge in [0.2, 0.25) is 0 Å². The summed E-state index contributed by atoms with van der Waals surface area (Å²) in [4.78, 5) is 12.2. The first-order chi connectivity index (χ1) is 11.2. The second-order valence-corrected chi connectivity index (χ2v) is 5.80. The first-order valence-electron chi connectivity index (χ1n) is 9.24. The first kappa shape index (κ1) is 21.9. The van der Waals surface area contributed by atoms with Crippen LogP contribution in [0.4, 0.5) is 0 Å². The molecule has 132 valence electrons. The van der Waals surface area contributed by atoms with Gasteiger partial charge in [0.1, 0.15) is 5.78 Å². The average Bonchev–Trinajstić information content (AvgIpc) is 2.93. The summed E-state index contributed by atoms with van der Waals surface area (Å²) in [6.07, 6.45) is 4.04. The lowest BCUT2D eigenvalue weighted by molar-refractivity contribution is -0.123. The fraction of sp³-hybridized carbons (Fsp3) is 0.667. The molecule has 1 fully saturated rings. The van der Waals surface area contributed by atoms with Gasteiger partial charge in [0.05, 0.1) is 0 Å². The zero-order valence-electron chi connectivity index (χ0n) is 16.1. The van der Waals surface area contributed by atoms with E-state index in [0.29, 0.717) is 23.5 Å². The Morgan fingerprint density at radius 3 is 2.22 bits per heavy atom. The predicted octanol–water partition coefficient (Wildman–Crippen LogP) is 5.30. The quantitative estimate of drug-likeness (QED) is 0.704. The molecular weight excluding hydrogens is 284 g/mol. The van der Waals surface area contributed by atoms with E-state index >= 15 is 0 Å². The summed E-state index contributed by atoms with van der Waals surface area (Å²) in [5.41, 5.74) is 4.31. The Labute approximate surface area is 143 Å².